The lowest BCUT2D eigenvalue weighted by atomic mass is 10.3. The number of aromatic nitrogens is 1. The fourth-order valence-electron chi connectivity index (χ4n) is 2.56. The third kappa shape index (κ3) is 3.18. The van der Waals surface area contributed by atoms with Crippen molar-refractivity contribution in [1.29, 1.82) is 0 Å². The zero-order valence-corrected chi connectivity index (χ0v) is 12.2. The van der Waals surface area contributed by atoms with Gasteiger partial charge in [0.15, 0.2) is 0 Å². The Bertz CT molecular complexity index is 623. The highest BCUT2D eigenvalue weighted by Gasteiger charge is 2.14. The molecule has 0 amide bonds. The molecule has 1 fully saturated rings. The van der Waals surface area contributed by atoms with Crippen LogP contribution in [-0.2, 0) is 0 Å². The minimum Gasteiger partial charge on any atom is -0.497 e. The van der Waals surface area contributed by atoms with Crippen molar-refractivity contribution in [3.8, 4) is 5.75 Å². The molecule has 0 unspecified atom stereocenters. The van der Waals surface area contributed by atoms with E-state index >= 15 is 0 Å². The molecule has 0 spiro atoms. The average Bonchev–Trinajstić information content (AvgIpc) is 3.01. The Morgan fingerprint density at radius 3 is 2.76 bits per heavy atom. The number of anilines is 4. The van der Waals surface area contributed by atoms with Gasteiger partial charge in [-0.1, -0.05) is 6.07 Å². The summed E-state index contributed by atoms with van der Waals surface area (Å²) in [5, 5.41) is 3.29. The molecule has 1 aromatic carbocycles. The maximum atomic E-state index is 6.01. The highest BCUT2D eigenvalue weighted by molar-refractivity contribution is 5.65. The first-order chi connectivity index (χ1) is 10.2. The van der Waals surface area contributed by atoms with Gasteiger partial charge in [0, 0.05) is 42.7 Å². The number of nitrogens with one attached hydrogen (secondary N) is 1. The van der Waals surface area contributed by atoms with Crippen LogP contribution < -0.4 is 20.7 Å². The average molecular weight is 284 g/mol. The molecule has 1 saturated heterocycles. The first-order valence-corrected chi connectivity index (χ1v) is 7.18. The Hall–Kier alpha value is -2.43. The van der Waals surface area contributed by atoms with Crippen LogP contribution in [0.4, 0.5) is 23.0 Å². The van der Waals surface area contributed by atoms with Crippen LogP contribution in [-0.4, -0.2) is 25.2 Å². The number of nitrogens with zero attached hydrogens (tertiary/aromatic N) is 2. The normalized spacial score (nSPS) is 14.2. The molecule has 21 heavy (non-hydrogen) atoms. The number of hydrogen-bond acceptors (Lipinski definition) is 5. The SMILES string of the molecule is COc1cccc(Nc2cc(N)cc(N3CCCC3)n2)c1. The van der Waals surface area contributed by atoms with Crippen LogP contribution in [0.15, 0.2) is 36.4 Å². The van der Waals surface area contributed by atoms with E-state index in [1.54, 1.807) is 7.11 Å². The van der Waals surface area contributed by atoms with E-state index < -0.39 is 0 Å². The predicted molar refractivity (Wildman–Crippen MR) is 86.4 cm³/mol. The van der Waals surface area contributed by atoms with Crippen molar-refractivity contribution in [2.24, 2.45) is 0 Å². The van der Waals surface area contributed by atoms with Crippen LogP contribution in [0, 0.1) is 0 Å². The second-order valence-corrected chi connectivity index (χ2v) is 5.20. The Balaban J connectivity index is 1.84. The highest BCUT2D eigenvalue weighted by Crippen LogP contribution is 2.26. The maximum Gasteiger partial charge on any atom is 0.134 e. The summed E-state index contributed by atoms with van der Waals surface area (Å²) >= 11 is 0. The van der Waals surface area contributed by atoms with Crippen molar-refractivity contribution in [1.82, 2.24) is 4.98 Å². The van der Waals surface area contributed by atoms with E-state index in [2.05, 4.69) is 15.2 Å². The molecule has 0 atom stereocenters. The molecule has 1 aliphatic rings. The van der Waals surface area contributed by atoms with Gasteiger partial charge in [-0.3, -0.25) is 0 Å². The Morgan fingerprint density at radius 1 is 1.19 bits per heavy atom. The summed E-state index contributed by atoms with van der Waals surface area (Å²) in [4.78, 5) is 6.93. The summed E-state index contributed by atoms with van der Waals surface area (Å²) in [6, 6.07) is 11.5. The molecule has 0 radical (unpaired) electrons. The Kier molecular flexibility index (Phi) is 3.81. The number of methoxy groups -OCH3 is 1. The molecule has 2 heterocycles. The van der Waals surface area contributed by atoms with Crippen LogP contribution in [0.2, 0.25) is 0 Å². The first-order valence-electron chi connectivity index (χ1n) is 7.18. The molecule has 5 nitrogen and oxygen atoms in total. The zero-order chi connectivity index (χ0) is 14.7. The fraction of sp³-hybridized carbons (Fsp3) is 0.312. The molecular weight excluding hydrogens is 264 g/mol. The molecule has 2 aromatic rings. The van der Waals surface area contributed by atoms with E-state index in [1.807, 2.05) is 36.4 Å². The van der Waals surface area contributed by atoms with E-state index in [-0.39, 0.29) is 0 Å². The summed E-state index contributed by atoms with van der Waals surface area (Å²) in [7, 11) is 1.66. The number of nitrogen functional groups attached to an aromatic ring is 1. The summed E-state index contributed by atoms with van der Waals surface area (Å²) < 4.78 is 5.23. The topological polar surface area (TPSA) is 63.4 Å². The summed E-state index contributed by atoms with van der Waals surface area (Å²) in [6.07, 6.45) is 2.43. The van der Waals surface area contributed by atoms with Crippen molar-refractivity contribution < 1.29 is 4.74 Å². The lowest BCUT2D eigenvalue weighted by Gasteiger charge is -2.18. The van der Waals surface area contributed by atoms with Gasteiger partial charge in [-0.05, 0) is 25.0 Å². The second kappa shape index (κ2) is 5.91. The number of rotatable bonds is 4. The first kappa shape index (κ1) is 13.5. The van der Waals surface area contributed by atoms with Gasteiger partial charge in [0.25, 0.3) is 0 Å². The summed E-state index contributed by atoms with van der Waals surface area (Å²) in [5.41, 5.74) is 7.66. The van der Waals surface area contributed by atoms with Crippen molar-refractivity contribution in [2.75, 3.05) is 36.1 Å². The van der Waals surface area contributed by atoms with Crippen molar-refractivity contribution in [3.05, 3.63) is 36.4 Å². The van der Waals surface area contributed by atoms with E-state index in [4.69, 9.17) is 10.5 Å². The highest BCUT2D eigenvalue weighted by atomic mass is 16.5. The lowest BCUT2D eigenvalue weighted by Crippen LogP contribution is -2.19. The van der Waals surface area contributed by atoms with Crippen molar-refractivity contribution in [2.45, 2.75) is 12.8 Å². The largest absolute Gasteiger partial charge is 0.497 e. The third-order valence-electron chi connectivity index (χ3n) is 3.61. The van der Waals surface area contributed by atoms with Gasteiger partial charge in [0.05, 0.1) is 7.11 Å². The molecule has 3 rings (SSSR count). The molecule has 1 aliphatic heterocycles. The minimum atomic E-state index is 0.720. The molecule has 3 N–H and O–H groups in total. The van der Waals surface area contributed by atoms with Gasteiger partial charge in [0.1, 0.15) is 17.4 Å². The molecular formula is C16H20N4O. The monoisotopic (exact) mass is 284 g/mol. The van der Waals surface area contributed by atoms with Crippen molar-refractivity contribution in [3.63, 3.8) is 0 Å². The van der Waals surface area contributed by atoms with Gasteiger partial charge in [-0.25, -0.2) is 4.98 Å². The van der Waals surface area contributed by atoms with Crippen LogP contribution in [0.3, 0.4) is 0 Å². The lowest BCUT2D eigenvalue weighted by molar-refractivity contribution is 0.415. The van der Waals surface area contributed by atoms with E-state index in [0.29, 0.717) is 0 Å². The summed E-state index contributed by atoms with van der Waals surface area (Å²) in [6.45, 7) is 2.10. The van der Waals surface area contributed by atoms with Crippen LogP contribution in [0.1, 0.15) is 12.8 Å². The molecule has 110 valence electrons. The Labute approximate surface area is 124 Å². The van der Waals surface area contributed by atoms with Gasteiger partial charge in [-0.2, -0.15) is 0 Å². The fourth-order valence-corrected chi connectivity index (χ4v) is 2.56. The molecule has 0 aliphatic carbocycles. The molecule has 1 aromatic heterocycles. The number of pyridine rings is 1. The number of nitrogens with two attached hydrogens (primary N) is 1. The van der Waals surface area contributed by atoms with Crippen LogP contribution >= 0.6 is 0 Å². The quantitative estimate of drug-likeness (QED) is 0.903. The number of benzene rings is 1. The maximum absolute atomic E-state index is 6.01. The van der Waals surface area contributed by atoms with Gasteiger partial charge < -0.3 is 20.7 Å². The third-order valence-corrected chi connectivity index (χ3v) is 3.61. The minimum absolute atomic E-state index is 0.720. The second-order valence-electron chi connectivity index (χ2n) is 5.20. The van der Waals surface area contributed by atoms with Crippen LogP contribution in [0.25, 0.3) is 0 Å². The van der Waals surface area contributed by atoms with Crippen LogP contribution in [0.5, 0.6) is 5.75 Å². The predicted octanol–water partition coefficient (Wildman–Crippen LogP) is 3.02. The smallest absolute Gasteiger partial charge is 0.134 e. The van der Waals surface area contributed by atoms with Gasteiger partial charge >= 0.3 is 0 Å². The van der Waals surface area contributed by atoms with Gasteiger partial charge in [0.2, 0.25) is 0 Å². The number of hydrogen-bond donors (Lipinski definition) is 2. The summed E-state index contributed by atoms with van der Waals surface area (Å²) in [5.74, 6) is 2.51. The Morgan fingerprint density at radius 2 is 2.00 bits per heavy atom. The number of ether oxygens (including phenoxy) is 1. The molecule has 0 bridgehead atoms. The molecule has 0 saturated carbocycles. The zero-order valence-electron chi connectivity index (χ0n) is 12.2. The van der Waals surface area contributed by atoms with E-state index in [0.717, 1.165) is 41.8 Å². The van der Waals surface area contributed by atoms with Gasteiger partial charge in [-0.15, -0.1) is 0 Å². The van der Waals surface area contributed by atoms with Crippen molar-refractivity contribution >= 4 is 23.0 Å². The molecule has 5 heteroatoms. The van der Waals surface area contributed by atoms with E-state index in [1.165, 1.54) is 12.8 Å². The van der Waals surface area contributed by atoms with E-state index in [9.17, 15) is 0 Å². The standard InChI is InChI=1S/C16H20N4O/c1-21-14-6-4-5-13(11-14)18-15-9-12(17)10-16(19-15)20-7-2-3-8-20/h4-6,9-11H,2-3,7-8H2,1H3,(H3,17,18,19).